The summed E-state index contributed by atoms with van der Waals surface area (Å²) < 4.78 is 30.2. The summed E-state index contributed by atoms with van der Waals surface area (Å²) in [6.45, 7) is 4.54. The first-order valence-corrected chi connectivity index (χ1v) is 19.1. The summed E-state index contributed by atoms with van der Waals surface area (Å²) >= 11 is 6.71. The smallest absolute Gasteiger partial charge is 0.305 e. The molecule has 0 atom stereocenters. The van der Waals surface area contributed by atoms with E-state index in [0.717, 1.165) is 22.9 Å². The van der Waals surface area contributed by atoms with E-state index < -0.39 is 33.7 Å². The second-order valence-electron chi connectivity index (χ2n) is 12.9. The second-order valence-corrected chi connectivity index (χ2v) is 14.9. The van der Waals surface area contributed by atoms with Crippen molar-refractivity contribution in [3.05, 3.63) is 124 Å². The predicted molar refractivity (Wildman–Crippen MR) is 200 cm³/mol. The van der Waals surface area contributed by atoms with Crippen LogP contribution in [0.4, 0.5) is 0 Å². The van der Waals surface area contributed by atoms with E-state index in [1.54, 1.807) is 30.0 Å². The highest BCUT2D eigenvalue weighted by Gasteiger charge is 2.30. The molecule has 274 valence electrons. The molecule has 3 amide bonds. The van der Waals surface area contributed by atoms with E-state index in [4.69, 9.17) is 11.6 Å². The topological polar surface area (TPSA) is 159 Å². The summed E-state index contributed by atoms with van der Waals surface area (Å²) in [7, 11) is -4.30. The number of rotatable bonds is 12. The molecule has 6 rings (SSSR count). The van der Waals surface area contributed by atoms with Crippen LogP contribution in [0.3, 0.4) is 0 Å². The first-order valence-electron chi connectivity index (χ1n) is 17.2. The lowest BCUT2D eigenvalue weighted by Gasteiger charge is -2.29. The normalized spacial score (nSPS) is 12.7. The Kier molecular flexibility index (Phi) is 11.0. The van der Waals surface area contributed by atoms with Crippen molar-refractivity contribution in [3.63, 3.8) is 0 Å². The van der Waals surface area contributed by atoms with Crippen LogP contribution in [-0.2, 0) is 27.8 Å². The molecule has 1 aromatic heterocycles. The van der Waals surface area contributed by atoms with Crippen molar-refractivity contribution in [3.8, 4) is 5.69 Å². The molecule has 0 bridgehead atoms. The predicted octanol–water partition coefficient (Wildman–Crippen LogP) is 6.02. The van der Waals surface area contributed by atoms with Crippen molar-refractivity contribution in [2.75, 3.05) is 19.6 Å². The molecule has 0 fully saturated rings. The molecule has 53 heavy (non-hydrogen) atoms. The molecule has 1 aliphatic rings. The number of carbonyl (C=O) groups is 4. The number of aliphatic carboxylic acids is 1. The van der Waals surface area contributed by atoms with Crippen LogP contribution in [0.2, 0.25) is 5.02 Å². The lowest BCUT2D eigenvalue weighted by atomic mass is 9.98. The Morgan fingerprint density at radius 1 is 0.925 bits per heavy atom. The first kappa shape index (κ1) is 37.2. The van der Waals surface area contributed by atoms with Gasteiger partial charge in [0.1, 0.15) is 0 Å². The van der Waals surface area contributed by atoms with Gasteiger partial charge in [0.2, 0.25) is 0 Å². The zero-order valence-corrected chi connectivity index (χ0v) is 30.8. The molecule has 12 nitrogen and oxygen atoms in total. The minimum absolute atomic E-state index is 0.0282. The van der Waals surface area contributed by atoms with Crippen LogP contribution in [0.15, 0.2) is 89.8 Å². The zero-order valence-electron chi connectivity index (χ0n) is 29.2. The van der Waals surface area contributed by atoms with Crippen LogP contribution in [0.1, 0.15) is 74.2 Å². The Hall–Kier alpha value is -5.53. The van der Waals surface area contributed by atoms with E-state index in [9.17, 15) is 32.7 Å². The monoisotopic (exact) mass is 755 g/mol. The van der Waals surface area contributed by atoms with Gasteiger partial charge in [0.05, 0.1) is 33.3 Å². The van der Waals surface area contributed by atoms with Crippen LogP contribution in [0, 0.1) is 6.92 Å². The molecule has 0 saturated carbocycles. The highest BCUT2D eigenvalue weighted by Crippen LogP contribution is 2.29. The molecule has 0 unspecified atom stereocenters. The van der Waals surface area contributed by atoms with Gasteiger partial charge in [0, 0.05) is 31.7 Å². The summed E-state index contributed by atoms with van der Waals surface area (Å²) in [6.07, 6.45) is 1.76. The highest BCUT2D eigenvalue weighted by molar-refractivity contribution is 7.90. The average molecular weight is 756 g/mol. The number of nitrogens with zero attached hydrogens (tertiary/aromatic N) is 4. The first-order chi connectivity index (χ1) is 25.4. The minimum atomic E-state index is -4.30. The van der Waals surface area contributed by atoms with Gasteiger partial charge in [-0.25, -0.2) is 17.8 Å². The van der Waals surface area contributed by atoms with E-state index in [0.29, 0.717) is 43.6 Å². The largest absolute Gasteiger partial charge is 0.481 e. The lowest BCUT2D eigenvalue weighted by Crippen LogP contribution is -2.37. The average Bonchev–Trinajstić information content (AvgIpc) is 3.46. The number of halogens is 1. The van der Waals surface area contributed by atoms with Gasteiger partial charge in [-0.15, -0.1) is 0 Å². The third-order valence-electron chi connectivity index (χ3n) is 9.30. The lowest BCUT2D eigenvalue weighted by molar-refractivity contribution is -0.137. The van der Waals surface area contributed by atoms with E-state index in [2.05, 4.69) is 9.82 Å². The van der Waals surface area contributed by atoms with Crippen LogP contribution in [0.25, 0.3) is 16.5 Å². The fourth-order valence-corrected chi connectivity index (χ4v) is 7.55. The van der Waals surface area contributed by atoms with Crippen molar-refractivity contribution < 1.29 is 32.7 Å². The summed E-state index contributed by atoms with van der Waals surface area (Å²) in [5.41, 5.74) is 2.48. The molecule has 2 N–H and O–H groups in total. The number of unbranched alkanes of at least 4 members (excludes halogenated alkanes) is 1. The summed E-state index contributed by atoms with van der Waals surface area (Å²) in [5.74, 6) is -2.99. The molecule has 0 saturated heterocycles. The molecule has 14 heteroatoms. The van der Waals surface area contributed by atoms with E-state index in [-0.39, 0.29) is 45.4 Å². The van der Waals surface area contributed by atoms with Crippen molar-refractivity contribution in [1.29, 1.82) is 0 Å². The summed E-state index contributed by atoms with van der Waals surface area (Å²) in [4.78, 5) is 56.0. The number of nitrogens with one attached hydrogen (secondary N) is 1. The number of carbonyl (C=O) groups excluding carboxylic acids is 3. The van der Waals surface area contributed by atoms with Crippen LogP contribution < -0.4 is 4.72 Å². The molecule has 0 radical (unpaired) electrons. The number of hydrogen-bond donors (Lipinski definition) is 2. The zero-order chi connectivity index (χ0) is 37.9. The van der Waals surface area contributed by atoms with Crippen molar-refractivity contribution in [1.82, 2.24) is 24.3 Å². The molecule has 1 aliphatic heterocycles. The number of aromatic nitrogens is 2. The Morgan fingerprint density at radius 3 is 2.38 bits per heavy atom. The molecule has 5 aromatic rings. The van der Waals surface area contributed by atoms with E-state index in [1.165, 1.54) is 39.9 Å². The second kappa shape index (κ2) is 15.6. The number of hydrogen-bond acceptors (Lipinski definition) is 7. The van der Waals surface area contributed by atoms with Crippen LogP contribution >= 0.6 is 11.6 Å². The van der Waals surface area contributed by atoms with Gasteiger partial charge in [-0.05, 0) is 72.0 Å². The molecule has 2 heterocycles. The number of fused-ring (bicyclic) bond motifs is 2. The van der Waals surface area contributed by atoms with Gasteiger partial charge < -0.3 is 14.9 Å². The van der Waals surface area contributed by atoms with Crippen molar-refractivity contribution >= 4 is 56.1 Å². The number of carboxylic acids is 1. The van der Waals surface area contributed by atoms with Gasteiger partial charge in [0.15, 0.2) is 5.69 Å². The fourth-order valence-electron chi connectivity index (χ4n) is 6.35. The SMILES string of the molecule is CCCCN(CCC(=O)O)C(=O)c1nn(-c2ccc(C(=O)NS(=O)(=O)c3ccc4ccccc4c3)cc2C(=O)N2CCc3ccccc3C2)c(C)c1Cl. The maximum Gasteiger partial charge on any atom is 0.305 e. The van der Waals surface area contributed by atoms with Gasteiger partial charge in [-0.3, -0.25) is 19.2 Å². The van der Waals surface area contributed by atoms with Crippen LogP contribution in [-0.4, -0.2) is 76.4 Å². The summed E-state index contributed by atoms with van der Waals surface area (Å²) in [6, 6.07) is 23.7. The number of carboxylic acid groups (broad SMARTS) is 1. The van der Waals surface area contributed by atoms with Crippen LogP contribution in [0.5, 0.6) is 0 Å². The summed E-state index contributed by atoms with van der Waals surface area (Å²) in [5, 5.41) is 15.4. The third kappa shape index (κ3) is 7.96. The molecular formula is C39H38ClN5O7S. The van der Waals surface area contributed by atoms with Crippen molar-refractivity contribution in [2.45, 2.75) is 51.0 Å². The Balaban J connectivity index is 1.38. The maximum absolute atomic E-state index is 14.4. The maximum atomic E-state index is 14.4. The van der Waals surface area contributed by atoms with Gasteiger partial charge in [-0.2, -0.15) is 5.10 Å². The number of amides is 3. The fraction of sp³-hybridized carbons (Fsp3) is 0.256. The molecule has 4 aromatic carbocycles. The van der Waals surface area contributed by atoms with Crippen molar-refractivity contribution in [2.24, 2.45) is 0 Å². The van der Waals surface area contributed by atoms with Gasteiger partial charge >= 0.3 is 5.97 Å². The number of benzene rings is 4. The standard InChI is InChI=1S/C39H38ClN5O7S/c1-3-4-19-43(21-18-34(46)47)39(50)36-35(40)25(2)45(41-36)33-16-14-29(23-32(33)38(49)44-20-17-27-10-6-8-12-30(27)24-44)37(48)42-53(51,52)31-15-13-26-9-5-7-11-28(26)22-31/h5-16,22-23H,3-4,17-21,24H2,1-2H3,(H,42,48)(H,46,47). The van der Waals surface area contributed by atoms with E-state index >= 15 is 0 Å². The molecule has 0 aliphatic carbocycles. The highest BCUT2D eigenvalue weighted by atomic mass is 35.5. The number of sulfonamides is 1. The minimum Gasteiger partial charge on any atom is -0.481 e. The Morgan fingerprint density at radius 2 is 1.64 bits per heavy atom. The molecular weight excluding hydrogens is 718 g/mol. The Bertz CT molecular complexity index is 2360. The van der Waals surface area contributed by atoms with E-state index in [1.807, 2.05) is 43.3 Å². The Labute approximate surface area is 312 Å². The van der Waals surface area contributed by atoms with Gasteiger partial charge in [0.25, 0.3) is 27.7 Å². The quantitative estimate of drug-likeness (QED) is 0.156. The van der Waals surface area contributed by atoms with Gasteiger partial charge in [-0.1, -0.05) is 79.5 Å². The molecule has 0 spiro atoms. The third-order valence-corrected chi connectivity index (χ3v) is 11.1.